The summed E-state index contributed by atoms with van der Waals surface area (Å²) in [5.74, 6) is 2.31. The first-order valence-electron chi connectivity index (χ1n) is 19.8. The highest BCUT2D eigenvalue weighted by atomic mass is 16.5. The fraction of sp³-hybridized carbons (Fsp3) is 0. The van der Waals surface area contributed by atoms with Gasteiger partial charge in [-0.2, -0.15) is 5.26 Å². The van der Waals surface area contributed by atoms with Crippen molar-refractivity contribution in [1.82, 2.24) is 9.97 Å². The molecule has 4 heteroatoms. The highest BCUT2D eigenvalue weighted by Crippen LogP contribution is 2.49. The summed E-state index contributed by atoms with van der Waals surface area (Å²) in [7, 11) is 0. The molecule has 0 unspecified atom stereocenters. The highest BCUT2D eigenvalue weighted by Gasteiger charge is 2.22. The Morgan fingerprint density at radius 2 is 0.966 bits per heavy atom. The standard InChI is InChI=1S/C55H31N3O/c56-32-40-23-29-51-54-42(40)12-7-13-43(54)47-30-39(22-28-50(47)59-51)33-14-16-34(17-15-33)41-24-18-37-20-26-45-46(27-21-38-19-25-44(41)52(37)53(38)45)55-57-48(35-8-3-1-4-9-35)31-49(58-55)36-10-5-2-6-11-36/h1-31H. The molecule has 0 fully saturated rings. The van der Waals surface area contributed by atoms with E-state index in [1.807, 2.05) is 36.4 Å². The number of nitriles is 1. The van der Waals surface area contributed by atoms with Crippen LogP contribution < -0.4 is 4.74 Å². The summed E-state index contributed by atoms with van der Waals surface area (Å²) in [5, 5.41) is 18.9. The van der Waals surface area contributed by atoms with Crippen molar-refractivity contribution in [1.29, 1.82) is 5.26 Å². The van der Waals surface area contributed by atoms with E-state index in [0.29, 0.717) is 11.4 Å². The van der Waals surface area contributed by atoms with Crippen LogP contribution >= 0.6 is 0 Å². The molecule has 0 saturated carbocycles. The van der Waals surface area contributed by atoms with Gasteiger partial charge in [0.25, 0.3) is 0 Å². The lowest BCUT2D eigenvalue weighted by Crippen LogP contribution is -1.98. The number of benzene rings is 10. The van der Waals surface area contributed by atoms with Crippen LogP contribution in [0.5, 0.6) is 11.5 Å². The second-order valence-corrected chi connectivity index (χ2v) is 15.2. The van der Waals surface area contributed by atoms with Crippen LogP contribution in [0.2, 0.25) is 0 Å². The Morgan fingerprint density at radius 1 is 0.373 bits per heavy atom. The van der Waals surface area contributed by atoms with Crippen LogP contribution in [0.3, 0.4) is 0 Å². The summed E-state index contributed by atoms with van der Waals surface area (Å²) in [6.45, 7) is 0. The van der Waals surface area contributed by atoms with Crippen molar-refractivity contribution < 1.29 is 4.74 Å². The average Bonchev–Trinajstić information content (AvgIpc) is 3.31. The lowest BCUT2D eigenvalue weighted by atomic mass is 9.88. The zero-order chi connectivity index (χ0) is 39.0. The van der Waals surface area contributed by atoms with E-state index >= 15 is 0 Å². The molecule has 0 radical (unpaired) electrons. The SMILES string of the molecule is N#Cc1ccc2c3c(cccc13)-c1cc(-c3ccc(-c4ccc5ccc6c(-c7nc(-c8ccccc8)cc(-c8ccccc8)n7)ccc7ccc4c5c76)cc3)ccc1O2. The van der Waals surface area contributed by atoms with Crippen molar-refractivity contribution in [2.24, 2.45) is 0 Å². The smallest absolute Gasteiger partial charge is 0.161 e. The van der Waals surface area contributed by atoms with E-state index in [9.17, 15) is 5.26 Å². The van der Waals surface area contributed by atoms with Gasteiger partial charge < -0.3 is 4.74 Å². The Bertz CT molecular complexity index is 3460. The van der Waals surface area contributed by atoms with Gasteiger partial charge in [-0.3, -0.25) is 0 Å². The molecule has 0 N–H and O–H groups in total. The lowest BCUT2D eigenvalue weighted by Gasteiger charge is -2.22. The second-order valence-electron chi connectivity index (χ2n) is 15.2. The summed E-state index contributed by atoms with van der Waals surface area (Å²) in [5.41, 5.74) is 12.2. The summed E-state index contributed by atoms with van der Waals surface area (Å²) >= 11 is 0. The minimum Gasteiger partial charge on any atom is -0.456 e. The van der Waals surface area contributed by atoms with E-state index in [-0.39, 0.29) is 0 Å². The normalized spacial score (nSPS) is 11.8. The van der Waals surface area contributed by atoms with E-state index in [0.717, 1.165) is 83.6 Å². The molecule has 10 aromatic carbocycles. The maximum absolute atomic E-state index is 9.77. The van der Waals surface area contributed by atoms with Gasteiger partial charge in [-0.1, -0.05) is 152 Å². The topological polar surface area (TPSA) is 58.8 Å². The third kappa shape index (κ3) is 5.23. The van der Waals surface area contributed by atoms with Gasteiger partial charge in [0.2, 0.25) is 0 Å². The first-order chi connectivity index (χ1) is 29.2. The zero-order valence-electron chi connectivity index (χ0n) is 31.6. The highest BCUT2D eigenvalue weighted by molar-refractivity contribution is 6.27. The maximum Gasteiger partial charge on any atom is 0.161 e. The van der Waals surface area contributed by atoms with Gasteiger partial charge in [-0.05, 0) is 96.5 Å². The molecule has 0 atom stereocenters. The quantitative estimate of drug-likeness (QED) is 0.164. The van der Waals surface area contributed by atoms with Crippen molar-refractivity contribution in [2.45, 2.75) is 0 Å². The predicted octanol–water partition coefficient (Wildman–Crippen LogP) is 14.5. The summed E-state index contributed by atoms with van der Waals surface area (Å²) < 4.78 is 6.37. The molecule has 272 valence electrons. The van der Waals surface area contributed by atoms with Crippen LogP contribution in [0, 0.1) is 11.3 Å². The maximum atomic E-state index is 9.77. The Labute approximate surface area is 340 Å². The Morgan fingerprint density at radius 3 is 1.64 bits per heavy atom. The van der Waals surface area contributed by atoms with Crippen molar-refractivity contribution in [3.63, 3.8) is 0 Å². The van der Waals surface area contributed by atoms with Gasteiger partial charge >= 0.3 is 0 Å². The molecule has 12 rings (SSSR count). The first-order valence-corrected chi connectivity index (χ1v) is 19.8. The molecule has 0 bridgehead atoms. The molecular weight excluding hydrogens is 719 g/mol. The number of rotatable bonds is 5. The number of nitrogens with zero attached hydrogens (tertiary/aromatic N) is 3. The minimum absolute atomic E-state index is 0.650. The van der Waals surface area contributed by atoms with Crippen LogP contribution in [0.15, 0.2) is 188 Å². The molecule has 11 aromatic rings. The van der Waals surface area contributed by atoms with E-state index in [2.05, 4.69) is 158 Å². The first kappa shape index (κ1) is 33.1. The molecule has 0 spiro atoms. The van der Waals surface area contributed by atoms with E-state index in [1.54, 1.807) is 0 Å². The molecule has 1 aliphatic rings. The van der Waals surface area contributed by atoms with Crippen LogP contribution in [-0.4, -0.2) is 9.97 Å². The molecule has 2 heterocycles. The van der Waals surface area contributed by atoms with Crippen LogP contribution in [0.25, 0.3) is 110 Å². The fourth-order valence-corrected chi connectivity index (χ4v) is 9.08. The van der Waals surface area contributed by atoms with Crippen LogP contribution in [0.4, 0.5) is 0 Å². The van der Waals surface area contributed by atoms with Crippen LogP contribution in [-0.2, 0) is 0 Å². The Kier molecular flexibility index (Phi) is 7.26. The molecule has 1 aliphatic heterocycles. The summed E-state index contributed by atoms with van der Waals surface area (Å²) in [6.07, 6.45) is 0. The van der Waals surface area contributed by atoms with Crippen molar-refractivity contribution >= 4 is 43.1 Å². The molecule has 0 saturated heterocycles. The lowest BCUT2D eigenvalue weighted by molar-refractivity contribution is 0.487. The van der Waals surface area contributed by atoms with Gasteiger partial charge in [0.1, 0.15) is 11.5 Å². The van der Waals surface area contributed by atoms with Crippen molar-refractivity contribution in [3.05, 3.63) is 194 Å². The Hall–Kier alpha value is -8.13. The second kappa shape index (κ2) is 13.0. The number of hydrogen-bond donors (Lipinski definition) is 0. The van der Waals surface area contributed by atoms with E-state index in [1.165, 1.54) is 32.5 Å². The van der Waals surface area contributed by atoms with Crippen LogP contribution in [0.1, 0.15) is 5.56 Å². The molecule has 0 aliphatic carbocycles. The van der Waals surface area contributed by atoms with Crippen molar-refractivity contribution in [2.75, 3.05) is 0 Å². The predicted molar refractivity (Wildman–Crippen MR) is 241 cm³/mol. The summed E-state index contributed by atoms with van der Waals surface area (Å²) in [6, 6.07) is 68.1. The van der Waals surface area contributed by atoms with Gasteiger partial charge in [-0.15, -0.1) is 0 Å². The largest absolute Gasteiger partial charge is 0.456 e. The minimum atomic E-state index is 0.650. The van der Waals surface area contributed by atoms with Gasteiger partial charge in [0.15, 0.2) is 5.82 Å². The third-order valence-electron chi connectivity index (χ3n) is 11.9. The number of hydrogen-bond acceptors (Lipinski definition) is 4. The average molecular weight is 750 g/mol. The zero-order valence-corrected chi connectivity index (χ0v) is 31.6. The summed E-state index contributed by atoms with van der Waals surface area (Å²) in [4.78, 5) is 10.4. The van der Waals surface area contributed by atoms with Gasteiger partial charge in [0, 0.05) is 33.0 Å². The van der Waals surface area contributed by atoms with Gasteiger partial charge in [-0.25, -0.2) is 9.97 Å². The molecule has 4 nitrogen and oxygen atoms in total. The molecule has 1 aromatic heterocycles. The molecule has 0 amide bonds. The third-order valence-corrected chi connectivity index (χ3v) is 11.9. The number of aromatic nitrogens is 2. The van der Waals surface area contributed by atoms with Gasteiger partial charge in [0.05, 0.1) is 23.0 Å². The Balaban J connectivity index is 0.959. The number of ether oxygens (including phenoxy) is 1. The monoisotopic (exact) mass is 749 g/mol. The van der Waals surface area contributed by atoms with E-state index < -0.39 is 0 Å². The fourth-order valence-electron chi connectivity index (χ4n) is 9.08. The van der Waals surface area contributed by atoms with Crippen molar-refractivity contribution in [3.8, 4) is 84.9 Å². The van der Waals surface area contributed by atoms with E-state index in [4.69, 9.17) is 14.7 Å². The number of fused-ring (bicyclic) bond motifs is 2. The molecule has 59 heavy (non-hydrogen) atoms. The molecular formula is C55H31N3O.